The first-order chi connectivity index (χ1) is 15.0. The van der Waals surface area contributed by atoms with E-state index in [0.29, 0.717) is 6.42 Å². The molecule has 0 saturated carbocycles. The Balaban J connectivity index is 3.12. The lowest BCUT2D eigenvalue weighted by atomic mass is 9.97. The van der Waals surface area contributed by atoms with E-state index in [-0.39, 0.29) is 31.3 Å². The largest absolute Gasteiger partial charge is 0.416 e. The summed E-state index contributed by atoms with van der Waals surface area (Å²) in [5.41, 5.74) is -2.91. The molecule has 1 aromatic rings. The van der Waals surface area contributed by atoms with Crippen LogP contribution in [0.1, 0.15) is 94.9 Å². The second-order valence-electron chi connectivity index (χ2n) is 7.57. The molecule has 0 saturated heterocycles. The van der Waals surface area contributed by atoms with Gasteiger partial charge in [-0.05, 0) is 44.0 Å². The maximum absolute atomic E-state index is 13.3. The molecule has 1 rings (SSSR count). The molecule has 0 amide bonds. The van der Waals surface area contributed by atoms with Crippen molar-refractivity contribution in [3.05, 3.63) is 34.9 Å². The third-order valence-electron chi connectivity index (χ3n) is 4.93. The second kappa shape index (κ2) is 14.1. The Bertz CT molecular complexity index is 607. The van der Waals surface area contributed by atoms with E-state index in [9.17, 15) is 26.3 Å². The molecule has 0 aliphatic rings. The molecule has 0 spiro atoms. The van der Waals surface area contributed by atoms with Gasteiger partial charge in [0.25, 0.3) is 6.48 Å². The van der Waals surface area contributed by atoms with Crippen LogP contribution in [0.2, 0.25) is 0 Å². The van der Waals surface area contributed by atoms with Gasteiger partial charge in [0.15, 0.2) is 0 Å². The minimum atomic E-state index is -4.92. The van der Waals surface area contributed by atoms with Gasteiger partial charge in [0, 0.05) is 13.2 Å². The lowest BCUT2D eigenvalue weighted by Gasteiger charge is -2.26. The summed E-state index contributed by atoms with van der Waals surface area (Å²) >= 11 is 0. The second-order valence-corrected chi connectivity index (χ2v) is 7.57. The summed E-state index contributed by atoms with van der Waals surface area (Å²) in [6, 6.07) is 1.56. The standard InChI is InChI=1S/C23H34F6O3/c1-4-7-8-9-10-11-12-13-20(32-21(30-5-2)31-6-3)17-14-18(22(24,25)26)16-19(15-17)23(27,28)29/h14-16,20-21H,4-13H2,1-3H3. The van der Waals surface area contributed by atoms with Crippen molar-refractivity contribution in [3.63, 3.8) is 0 Å². The number of unbranched alkanes of at least 4 members (excludes halogenated alkanes) is 6. The summed E-state index contributed by atoms with van der Waals surface area (Å²) < 4.78 is 96.1. The van der Waals surface area contributed by atoms with E-state index in [1.807, 2.05) is 0 Å². The highest BCUT2D eigenvalue weighted by Gasteiger charge is 2.38. The Labute approximate surface area is 186 Å². The summed E-state index contributed by atoms with van der Waals surface area (Å²) in [6.45, 7) is 4.73. The van der Waals surface area contributed by atoms with E-state index in [1.54, 1.807) is 13.8 Å². The normalized spacial score (nSPS) is 13.7. The molecule has 9 heteroatoms. The van der Waals surface area contributed by atoms with E-state index >= 15 is 0 Å². The van der Waals surface area contributed by atoms with Gasteiger partial charge in [0.2, 0.25) is 0 Å². The Hall–Kier alpha value is -1.32. The molecule has 3 nitrogen and oxygen atoms in total. The summed E-state index contributed by atoms with van der Waals surface area (Å²) in [7, 11) is 0. The van der Waals surface area contributed by atoms with Crippen molar-refractivity contribution in [2.75, 3.05) is 13.2 Å². The van der Waals surface area contributed by atoms with E-state index in [4.69, 9.17) is 14.2 Å². The molecule has 0 heterocycles. The number of alkyl halides is 6. The van der Waals surface area contributed by atoms with E-state index in [0.717, 1.165) is 50.7 Å². The average molecular weight is 473 g/mol. The zero-order chi connectivity index (χ0) is 24.2. The van der Waals surface area contributed by atoms with E-state index < -0.39 is 36.1 Å². The monoisotopic (exact) mass is 472 g/mol. The summed E-state index contributed by atoms with van der Waals surface area (Å²) in [4.78, 5) is 0. The van der Waals surface area contributed by atoms with Crippen LogP contribution < -0.4 is 0 Å². The molecule has 0 aromatic heterocycles. The highest BCUT2D eigenvalue weighted by atomic mass is 19.4. The van der Waals surface area contributed by atoms with Gasteiger partial charge in [-0.25, -0.2) is 0 Å². The highest BCUT2D eigenvalue weighted by molar-refractivity contribution is 5.35. The number of hydrogen-bond acceptors (Lipinski definition) is 3. The molecule has 0 aliphatic carbocycles. The Morgan fingerprint density at radius 1 is 0.688 bits per heavy atom. The topological polar surface area (TPSA) is 27.7 Å². The van der Waals surface area contributed by atoms with Gasteiger partial charge >= 0.3 is 12.4 Å². The zero-order valence-electron chi connectivity index (χ0n) is 19.0. The predicted molar refractivity (Wildman–Crippen MR) is 110 cm³/mol. The van der Waals surface area contributed by atoms with Crippen LogP contribution in [0, 0.1) is 0 Å². The van der Waals surface area contributed by atoms with Gasteiger partial charge in [-0.2, -0.15) is 26.3 Å². The van der Waals surface area contributed by atoms with Crippen LogP contribution >= 0.6 is 0 Å². The van der Waals surface area contributed by atoms with Gasteiger partial charge in [-0.3, -0.25) is 0 Å². The number of hydrogen-bond donors (Lipinski definition) is 0. The maximum atomic E-state index is 13.3. The van der Waals surface area contributed by atoms with Crippen molar-refractivity contribution in [2.45, 2.75) is 97.1 Å². The van der Waals surface area contributed by atoms with Crippen molar-refractivity contribution in [3.8, 4) is 0 Å². The van der Waals surface area contributed by atoms with Crippen LogP contribution in [0.3, 0.4) is 0 Å². The maximum Gasteiger partial charge on any atom is 0.416 e. The van der Waals surface area contributed by atoms with Crippen molar-refractivity contribution in [1.29, 1.82) is 0 Å². The number of rotatable bonds is 15. The van der Waals surface area contributed by atoms with Crippen LogP contribution in [0.15, 0.2) is 18.2 Å². The van der Waals surface area contributed by atoms with Gasteiger partial charge in [0.1, 0.15) is 0 Å². The molecule has 0 bridgehead atoms. The first-order valence-corrected chi connectivity index (χ1v) is 11.2. The van der Waals surface area contributed by atoms with Crippen LogP contribution in [-0.2, 0) is 26.6 Å². The van der Waals surface area contributed by atoms with Gasteiger partial charge < -0.3 is 14.2 Å². The Morgan fingerprint density at radius 3 is 1.59 bits per heavy atom. The van der Waals surface area contributed by atoms with Crippen LogP contribution in [0.25, 0.3) is 0 Å². The van der Waals surface area contributed by atoms with Crippen LogP contribution in [-0.4, -0.2) is 19.7 Å². The van der Waals surface area contributed by atoms with Crippen LogP contribution in [0.5, 0.6) is 0 Å². The SMILES string of the molecule is CCCCCCCCCC(OC(OCC)OCC)c1cc(C(F)(F)F)cc(C(F)(F)F)c1. The third-order valence-corrected chi connectivity index (χ3v) is 4.93. The van der Waals surface area contributed by atoms with Gasteiger partial charge in [0.05, 0.1) is 17.2 Å². The fourth-order valence-corrected chi connectivity index (χ4v) is 3.30. The number of halogens is 6. The smallest absolute Gasteiger partial charge is 0.330 e. The molecule has 1 aromatic carbocycles. The number of ether oxygens (including phenoxy) is 3. The van der Waals surface area contributed by atoms with Crippen LogP contribution in [0.4, 0.5) is 26.3 Å². The predicted octanol–water partition coefficient (Wildman–Crippen LogP) is 8.28. The average Bonchev–Trinajstić information content (AvgIpc) is 2.71. The molecule has 1 atom stereocenters. The van der Waals surface area contributed by atoms with E-state index in [1.165, 1.54) is 0 Å². The Kier molecular flexibility index (Phi) is 12.6. The quantitative estimate of drug-likeness (QED) is 0.146. The molecule has 0 fully saturated rings. The fraction of sp³-hybridized carbons (Fsp3) is 0.739. The molecule has 0 N–H and O–H groups in total. The molecule has 186 valence electrons. The third kappa shape index (κ3) is 10.5. The highest BCUT2D eigenvalue weighted by Crippen LogP contribution is 2.39. The van der Waals surface area contributed by atoms with Gasteiger partial charge in [-0.15, -0.1) is 0 Å². The molecule has 0 aliphatic heterocycles. The van der Waals surface area contributed by atoms with Crippen molar-refractivity contribution < 1.29 is 40.6 Å². The lowest BCUT2D eigenvalue weighted by molar-refractivity contribution is -0.304. The summed E-state index contributed by atoms with van der Waals surface area (Å²) in [5.74, 6) is 0. The van der Waals surface area contributed by atoms with Crippen molar-refractivity contribution in [2.24, 2.45) is 0 Å². The van der Waals surface area contributed by atoms with Crippen molar-refractivity contribution in [1.82, 2.24) is 0 Å². The van der Waals surface area contributed by atoms with Crippen molar-refractivity contribution >= 4 is 0 Å². The zero-order valence-corrected chi connectivity index (χ0v) is 19.0. The molecule has 1 unspecified atom stereocenters. The van der Waals surface area contributed by atoms with E-state index in [2.05, 4.69) is 6.92 Å². The molecule has 32 heavy (non-hydrogen) atoms. The number of benzene rings is 1. The minimum Gasteiger partial charge on any atom is -0.330 e. The molecule has 0 radical (unpaired) electrons. The first-order valence-electron chi connectivity index (χ1n) is 11.2. The summed E-state index contributed by atoms with van der Waals surface area (Å²) in [5, 5.41) is 0. The summed E-state index contributed by atoms with van der Waals surface area (Å²) in [6.07, 6.45) is -3.86. The first kappa shape index (κ1) is 28.7. The Morgan fingerprint density at radius 2 is 1.16 bits per heavy atom. The fourth-order valence-electron chi connectivity index (χ4n) is 3.30. The molecular formula is C23H34F6O3. The minimum absolute atomic E-state index is 0.122. The lowest BCUT2D eigenvalue weighted by Crippen LogP contribution is -2.24. The van der Waals surface area contributed by atoms with Gasteiger partial charge in [-0.1, -0.05) is 51.9 Å². The molecular weight excluding hydrogens is 438 g/mol.